The Morgan fingerprint density at radius 2 is 1.86 bits per heavy atom. The minimum atomic E-state index is -2.65. The van der Waals surface area contributed by atoms with Crippen LogP contribution in [0.5, 0.6) is 5.75 Å². The summed E-state index contributed by atoms with van der Waals surface area (Å²) in [6, 6.07) is 14.1. The molecule has 0 aliphatic carbocycles. The molecule has 4 heterocycles. The molecule has 0 spiro atoms. The van der Waals surface area contributed by atoms with Crippen molar-refractivity contribution in [3.8, 4) is 16.9 Å². The lowest BCUT2D eigenvalue weighted by Gasteiger charge is -2.33. The van der Waals surface area contributed by atoms with Gasteiger partial charge in [0.1, 0.15) is 18.7 Å². The maximum absolute atomic E-state index is 13.5. The van der Waals surface area contributed by atoms with Crippen LogP contribution in [0.1, 0.15) is 5.56 Å². The number of halogens is 1. The molecule has 0 saturated carbocycles. The highest BCUT2D eigenvalue weighted by Crippen LogP contribution is 2.47. The summed E-state index contributed by atoms with van der Waals surface area (Å²) in [7, 11) is -0.712. The highest BCUT2D eigenvalue weighted by Gasteiger charge is 2.29. The number of piperazine rings is 1. The number of nitrogens with one attached hydrogen (secondary N) is 3. The molecule has 0 atom stereocenters. The Labute approximate surface area is 264 Å². The van der Waals surface area contributed by atoms with Crippen LogP contribution in [-0.2, 0) is 18.0 Å². The first-order valence-corrected chi connectivity index (χ1v) is 18.1. The smallest absolute Gasteiger partial charge is 0.229 e. The van der Waals surface area contributed by atoms with Gasteiger partial charge in [0.25, 0.3) is 0 Å². The van der Waals surface area contributed by atoms with Crippen LogP contribution >= 0.6 is 23.1 Å². The molecule has 0 amide bonds. The van der Waals surface area contributed by atoms with Crippen LogP contribution in [0.3, 0.4) is 0 Å². The molecule has 3 aromatic carbocycles. The van der Waals surface area contributed by atoms with Crippen molar-refractivity contribution >= 4 is 68.0 Å². The van der Waals surface area contributed by atoms with Gasteiger partial charge in [-0.25, -0.2) is 4.98 Å². The van der Waals surface area contributed by atoms with E-state index in [1.165, 1.54) is 11.3 Å². The van der Waals surface area contributed by atoms with Crippen LogP contribution in [0.25, 0.3) is 21.9 Å². The molecule has 1 fully saturated rings. The second-order valence-corrected chi connectivity index (χ2v) is 15.5. The monoisotopic (exact) mass is 672 g/mol. The number of nitrogens with zero attached hydrogens (tertiary/aromatic N) is 5. The predicted molar refractivity (Wildman–Crippen MR) is 182 cm³/mol. The third-order valence-corrected chi connectivity index (χ3v) is 10.2. The Balaban J connectivity index is 1.28. The van der Waals surface area contributed by atoms with E-state index in [-0.39, 0.29) is 0 Å². The van der Waals surface area contributed by atoms with Crippen LogP contribution < -0.4 is 30.9 Å². The van der Waals surface area contributed by atoms with Gasteiger partial charge < -0.3 is 30.2 Å². The fourth-order valence-electron chi connectivity index (χ4n) is 6.18. The van der Waals surface area contributed by atoms with E-state index in [9.17, 15) is 4.57 Å². The maximum atomic E-state index is 13.5. The standard InChI is InChI=1S/C32H34BrN8O2P/c1-40-19-21(17-36-40)24-16-27(29-23(10-15-43-29)28(24)41-13-11-34-12-14-41)38-32-35-18-25(33)31(39-32)37-26-9-8-20-6-4-5-7-22(20)30(26)44(2,3)42/h4-9,16-19,34H,10-15H2,1-3H3,(H2,35,37,38,39). The highest BCUT2D eigenvalue weighted by molar-refractivity contribution is 9.10. The van der Waals surface area contributed by atoms with Crippen LogP contribution in [0, 0.1) is 0 Å². The van der Waals surface area contributed by atoms with E-state index in [1.807, 2.05) is 60.5 Å². The SMILES string of the molecule is Cn1cc(-c2cc(Nc3ncc(Br)c(Nc4ccc5ccccc5c4P(C)(C)=O)n3)c3c(c2N2CCNCC2)CCO3)cn1. The van der Waals surface area contributed by atoms with Crippen LogP contribution in [0.4, 0.5) is 28.8 Å². The molecule has 226 valence electrons. The van der Waals surface area contributed by atoms with Gasteiger partial charge in [0, 0.05) is 74.0 Å². The predicted octanol–water partition coefficient (Wildman–Crippen LogP) is 5.87. The molecule has 10 nitrogen and oxygen atoms in total. The van der Waals surface area contributed by atoms with E-state index in [0.717, 1.165) is 76.9 Å². The molecule has 2 aromatic heterocycles. The Bertz CT molecular complexity index is 1930. The molecule has 7 rings (SSSR count). The zero-order chi connectivity index (χ0) is 30.4. The summed E-state index contributed by atoms with van der Waals surface area (Å²) >= 11 is 3.62. The number of ether oxygens (including phenoxy) is 1. The molecule has 0 bridgehead atoms. The average Bonchev–Trinajstić information content (AvgIpc) is 3.68. The molecule has 2 aliphatic heterocycles. The second-order valence-electron chi connectivity index (χ2n) is 11.5. The minimum Gasteiger partial charge on any atom is -0.491 e. The van der Waals surface area contributed by atoms with Crippen molar-refractivity contribution in [1.29, 1.82) is 0 Å². The summed E-state index contributed by atoms with van der Waals surface area (Å²) in [6.07, 6.45) is 6.50. The summed E-state index contributed by atoms with van der Waals surface area (Å²) in [5, 5.41) is 17.6. The van der Waals surface area contributed by atoms with Gasteiger partial charge in [-0.3, -0.25) is 4.68 Å². The Morgan fingerprint density at radius 1 is 1.05 bits per heavy atom. The molecular weight excluding hydrogens is 639 g/mol. The van der Waals surface area contributed by atoms with Crippen molar-refractivity contribution in [2.45, 2.75) is 6.42 Å². The topological polar surface area (TPSA) is 109 Å². The first-order chi connectivity index (χ1) is 21.3. The number of aromatic nitrogens is 4. The number of fused-ring (bicyclic) bond motifs is 2. The molecule has 12 heteroatoms. The van der Waals surface area contributed by atoms with E-state index in [1.54, 1.807) is 19.5 Å². The van der Waals surface area contributed by atoms with Gasteiger partial charge in [-0.15, -0.1) is 0 Å². The van der Waals surface area contributed by atoms with E-state index < -0.39 is 7.14 Å². The number of hydrogen-bond acceptors (Lipinski definition) is 9. The van der Waals surface area contributed by atoms with Crippen molar-refractivity contribution in [3.63, 3.8) is 0 Å². The van der Waals surface area contributed by atoms with Gasteiger partial charge in [-0.1, -0.05) is 30.3 Å². The first-order valence-electron chi connectivity index (χ1n) is 14.7. The fourth-order valence-corrected chi connectivity index (χ4v) is 7.97. The minimum absolute atomic E-state index is 0.416. The molecule has 44 heavy (non-hydrogen) atoms. The van der Waals surface area contributed by atoms with Crippen molar-refractivity contribution in [1.82, 2.24) is 25.1 Å². The van der Waals surface area contributed by atoms with Crippen molar-refractivity contribution in [2.75, 3.05) is 61.6 Å². The largest absolute Gasteiger partial charge is 0.491 e. The first kappa shape index (κ1) is 28.8. The Hall–Kier alpha value is -3.92. The van der Waals surface area contributed by atoms with E-state index in [4.69, 9.17) is 9.72 Å². The van der Waals surface area contributed by atoms with Crippen LogP contribution in [-0.4, -0.2) is 65.9 Å². The summed E-state index contributed by atoms with van der Waals surface area (Å²) in [5.41, 5.74) is 6.11. The third-order valence-electron chi connectivity index (χ3n) is 8.08. The lowest BCUT2D eigenvalue weighted by molar-refractivity contribution is 0.358. The molecule has 5 aromatic rings. The van der Waals surface area contributed by atoms with E-state index >= 15 is 0 Å². The number of rotatable bonds is 7. The lowest BCUT2D eigenvalue weighted by atomic mass is 9.97. The third kappa shape index (κ3) is 5.44. The summed E-state index contributed by atoms with van der Waals surface area (Å²) < 4.78 is 22.3. The molecular formula is C32H34BrN8O2P. The summed E-state index contributed by atoms with van der Waals surface area (Å²) in [6.45, 7) is 7.95. The molecule has 2 aliphatic rings. The highest BCUT2D eigenvalue weighted by atomic mass is 79.9. The van der Waals surface area contributed by atoms with Crippen molar-refractivity contribution < 1.29 is 9.30 Å². The fraction of sp³-hybridized carbons (Fsp3) is 0.281. The Morgan fingerprint density at radius 3 is 2.64 bits per heavy atom. The quantitative estimate of drug-likeness (QED) is 0.183. The number of aryl methyl sites for hydroxylation is 1. The van der Waals surface area contributed by atoms with Gasteiger partial charge >= 0.3 is 0 Å². The average molecular weight is 674 g/mol. The van der Waals surface area contributed by atoms with Crippen LogP contribution in [0.2, 0.25) is 0 Å². The molecule has 3 N–H and O–H groups in total. The number of anilines is 5. The zero-order valence-electron chi connectivity index (χ0n) is 24.9. The maximum Gasteiger partial charge on any atom is 0.229 e. The van der Waals surface area contributed by atoms with E-state index in [0.29, 0.717) is 22.8 Å². The second kappa shape index (κ2) is 11.5. The number of benzene rings is 3. The summed E-state index contributed by atoms with van der Waals surface area (Å²) in [4.78, 5) is 11.9. The molecule has 0 unspecified atom stereocenters. The summed E-state index contributed by atoms with van der Waals surface area (Å²) in [5.74, 6) is 1.82. The molecule has 1 saturated heterocycles. The van der Waals surface area contributed by atoms with Gasteiger partial charge in [0.05, 0.1) is 34.3 Å². The van der Waals surface area contributed by atoms with Gasteiger partial charge in [-0.05, 0) is 52.2 Å². The zero-order valence-corrected chi connectivity index (χ0v) is 27.4. The van der Waals surface area contributed by atoms with Gasteiger partial charge in [0.2, 0.25) is 5.95 Å². The van der Waals surface area contributed by atoms with E-state index in [2.05, 4.69) is 52.9 Å². The van der Waals surface area contributed by atoms with Crippen LogP contribution in [0.15, 0.2) is 65.5 Å². The number of hydrogen-bond donors (Lipinski definition) is 3. The van der Waals surface area contributed by atoms with Crippen molar-refractivity contribution in [3.05, 3.63) is 71.1 Å². The Kier molecular flexibility index (Phi) is 7.56. The van der Waals surface area contributed by atoms with Gasteiger partial charge in [0.15, 0.2) is 0 Å². The normalized spacial score (nSPS) is 14.9. The van der Waals surface area contributed by atoms with Gasteiger partial charge in [-0.2, -0.15) is 10.1 Å². The lowest BCUT2D eigenvalue weighted by Crippen LogP contribution is -2.44. The molecule has 0 radical (unpaired) electrons. The van der Waals surface area contributed by atoms with Crippen molar-refractivity contribution in [2.24, 2.45) is 7.05 Å².